The van der Waals surface area contributed by atoms with Crippen LogP contribution in [0, 0.1) is 0 Å². The van der Waals surface area contributed by atoms with E-state index in [4.69, 9.17) is 5.11 Å². The third-order valence-electron chi connectivity index (χ3n) is 1.93. The van der Waals surface area contributed by atoms with Gasteiger partial charge in [-0.2, -0.15) is 0 Å². The van der Waals surface area contributed by atoms with Crippen LogP contribution in [0.3, 0.4) is 0 Å². The van der Waals surface area contributed by atoms with Gasteiger partial charge >= 0.3 is 18.0 Å². The lowest BCUT2D eigenvalue weighted by molar-refractivity contribution is -0.141. The summed E-state index contributed by atoms with van der Waals surface area (Å²) in [5, 5.41) is 10.8. The smallest absolute Gasteiger partial charge is 0.325 e. The van der Waals surface area contributed by atoms with Gasteiger partial charge in [-0.1, -0.05) is 0 Å². The Morgan fingerprint density at radius 1 is 1.44 bits per heavy atom. The van der Waals surface area contributed by atoms with Gasteiger partial charge in [0.2, 0.25) is 0 Å². The summed E-state index contributed by atoms with van der Waals surface area (Å²) < 4.78 is 4.41. The summed E-state index contributed by atoms with van der Waals surface area (Å²) in [4.78, 5) is 34.1. The summed E-state index contributed by atoms with van der Waals surface area (Å²) in [6.45, 7) is 3.10. The van der Waals surface area contributed by atoms with Crippen molar-refractivity contribution in [3.05, 3.63) is 0 Å². The first kappa shape index (κ1) is 14.2. The second-order valence-corrected chi connectivity index (χ2v) is 3.10. The first-order valence-electron chi connectivity index (χ1n) is 4.77. The van der Waals surface area contributed by atoms with E-state index in [0.29, 0.717) is 0 Å². The molecule has 0 aromatic carbocycles. The van der Waals surface area contributed by atoms with E-state index in [0.717, 1.165) is 4.90 Å². The second kappa shape index (κ2) is 6.65. The number of rotatable bonds is 5. The number of carboxylic acid groups (broad SMARTS) is 1. The van der Waals surface area contributed by atoms with Crippen molar-refractivity contribution in [3.63, 3.8) is 0 Å². The van der Waals surface area contributed by atoms with Crippen molar-refractivity contribution in [2.45, 2.75) is 19.9 Å². The number of nitrogens with zero attached hydrogens (tertiary/aromatic N) is 1. The molecular formula is C9H16N2O5. The lowest BCUT2D eigenvalue weighted by atomic mass is 10.3. The van der Waals surface area contributed by atoms with Crippen molar-refractivity contribution in [3.8, 4) is 0 Å². The molecule has 0 fully saturated rings. The number of hydrogen-bond donors (Lipinski definition) is 2. The monoisotopic (exact) mass is 232 g/mol. The van der Waals surface area contributed by atoms with Crippen LogP contribution in [0.15, 0.2) is 0 Å². The van der Waals surface area contributed by atoms with Crippen LogP contribution in [0.25, 0.3) is 0 Å². The van der Waals surface area contributed by atoms with E-state index < -0.39 is 24.0 Å². The zero-order valence-corrected chi connectivity index (χ0v) is 9.52. The molecule has 0 bridgehead atoms. The van der Waals surface area contributed by atoms with Crippen LogP contribution >= 0.6 is 0 Å². The highest BCUT2D eigenvalue weighted by Crippen LogP contribution is 1.93. The van der Waals surface area contributed by atoms with Crippen LogP contribution in [-0.4, -0.2) is 54.2 Å². The Kier molecular flexibility index (Phi) is 5.91. The molecule has 0 saturated carbocycles. The van der Waals surface area contributed by atoms with Crippen molar-refractivity contribution < 1.29 is 24.2 Å². The fraction of sp³-hybridized carbons (Fsp3) is 0.667. The number of carboxylic acids is 1. The summed E-state index contributed by atoms with van der Waals surface area (Å²) in [5.74, 6) is -1.69. The number of nitrogens with one attached hydrogen (secondary N) is 1. The van der Waals surface area contributed by atoms with E-state index in [1.807, 2.05) is 0 Å². The maximum atomic E-state index is 11.5. The number of amides is 2. The van der Waals surface area contributed by atoms with Gasteiger partial charge in [0.25, 0.3) is 0 Å². The number of carbonyl (C=O) groups is 3. The van der Waals surface area contributed by atoms with E-state index in [-0.39, 0.29) is 13.1 Å². The molecule has 0 aliphatic rings. The Morgan fingerprint density at radius 3 is 2.38 bits per heavy atom. The number of esters is 1. The van der Waals surface area contributed by atoms with Gasteiger partial charge in [0.1, 0.15) is 12.6 Å². The van der Waals surface area contributed by atoms with Gasteiger partial charge in [0.15, 0.2) is 0 Å². The van der Waals surface area contributed by atoms with Crippen molar-refractivity contribution in [2.75, 3.05) is 20.2 Å². The van der Waals surface area contributed by atoms with Crippen molar-refractivity contribution in [2.24, 2.45) is 0 Å². The molecule has 0 aliphatic heterocycles. The molecular weight excluding hydrogens is 216 g/mol. The number of urea groups is 1. The fourth-order valence-electron chi connectivity index (χ4n) is 0.886. The van der Waals surface area contributed by atoms with Gasteiger partial charge in [-0.05, 0) is 13.8 Å². The van der Waals surface area contributed by atoms with Crippen LogP contribution in [0.1, 0.15) is 13.8 Å². The summed E-state index contributed by atoms with van der Waals surface area (Å²) in [7, 11) is 1.22. The molecule has 0 rings (SSSR count). The molecule has 0 spiro atoms. The Hall–Kier alpha value is -1.79. The minimum Gasteiger partial charge on any atom is -0.480 e. The molecule has 0 radical (unpaired) electrons. The Morgan fingerprint density at radius 2 is 2.00 bits per heavy atom. The Labute approximate surface area is 93.4 Å². The maximum Gasteiger partial charge on any atom is 0.325 e. The lowest BCUT2D eigenvalue weighted by Crippen LogP contribution is -2.48. The highest BCUT2D eigenvalue weighted by atomic mass is 16.5. The second-order valence-electron chi connectivity index (χ2n) is 3.10. The topological polar surface area (TPSA) is 95.9 Å². The predicted octanol–water partition coefficient (Wildman–Crippen LogP) is -0.336. The third kappa shape index (κ3) is 4.63. The van der Waals surface area contributed by atoms with E-state index in [1.54, 1.807) is 6.92 Å². The highest BCUT2D eigenvalue weighted by Gasteiger charge is 2.20. The molecule has 1 atom stereocenters. The molecule has 0 saturated heterocycles. The highest BCUT2D eigenvalue weighted by molar-refractivity contribution is 5.84. The summed E-state index contributed by atoms with van der Waals surface area (Å²) in [6, 6.07) is -1.61. The zero-order valence-electron chi connectivity index (χ0n) is 9.52. The van der Waals surface area contributed by atoms with E-state index in [9.17, 15) is 14.4 Å². The first-order chi connectivity index (χ1) is 7.42. The number of ether oxygens (including phenoxy) is 1. The largest absolute Gasteiger partial charge is 0.480 e. The van der Waals surface area contributed by atoms with Crippen molar-refractivity contribution in [1.82, 2.24) is 10.2 Å². The fourth-order valence-corrected chi connectivity index (χ4v) is 0.886. The summed E-state index contributed by atoms with van der Waals surface area (Å²) in [6.07, 6.45) is 0. The molecule has 16 heavy (non-hydrogen) atoms. The van der Waals surface area contributed by atoms with Crippen LogP contribution in [0.2, 0.25) is 0 Å². The summed E-state index contributed by atoms with van der Waals surface area (Å²) >= 11 is 0. The molecule has 2 N–H and O–H groups in total. The van der Waals surface area contributed by atoms with Gasteiger partial charge in [-0.3, -0.25) is 9.59 Å². The first-order valence-corrected chi connectivity index (χ1v) is 4.77. The Balaban J connectivity index is 4.31. The van der Waals surface area contributed by atoms with Crippen LogP contribution in [-0.2, 0) is 14.3 Å². The third-order valence-corrected chi connectivity index (χ3v) is 1.93. The number of likely N-dealkylation sites (N-methyl/N-ethyl adjacent to an activating group) is 1. The van der Waals surface area contributed by atoms with Crippen LogP contribution in [0.5, 0.6) is 0 Å². The quantitative estimate of drug-likeness (QED) is 0.632. The van der Waals surface area contributed by atoms with E-state index >= 15 is 0 Å². The van der Waals surface area contributed by atoms with Gasteiger partial charge in [-0.15, -0.1) is 0 Å². The molecule has 0 aromatic rings. The zero-order chi connectivity index (χ0) is 12.7. The van der Waals surface area contributed by atoms with Crippen molar-refractivity contribution >= 4 is 18.0 Å². The number of hydrogen-bond acceptors (Lipinski definition) is 4. The average Bonchev–Trinajstić information content (AvgIpc) is 2.24. The lowest BCUT2D eigenvalue weighted by Gasteiger charge is -2.21. The predicted molar refractivity (Wildman–Crippen MR) is 54.9 cm³/mol. The molecule has 92 valence electrons. The van der Waals surface area contributed by atoms with Gasteiger partial charge in [-0.25, -0.2) is 4.79 Å². The molecule has 0 heterocycles. The van der Waals surface area contributed by atoms with E-state index in [1.165, 1.54) is 14.0 Å². The average molecular weight is 232 g/mol. The number of carbonyl (C=O) groups excluding carboxylic acids is 2. The van der Waals surface area contributed by atoms with Crippen LogP contribution in [0.4, 0.5) is 4.79 Å². The molecule has 0 aromatic heterocycles. The normalized spacial score (nSPS) is 11.4. The van der Waals surface area contributed by atoms with Crippen LogP contribution < -0.4 is 5.32 Å². The molecule has 2 amide bonds. The minimum atomic E-state index is -1.14. The Bertz CT molecular complexity index is 279. The molecule has 7 nitrogen and oxygen atoms in total. The molecule has 7 heteroatoms. The minimum absolute atomic E-state index is 0.203. The SMILES string of the molecule is CCN(CC(=O)OC)C(=O)NC(C)C(=O)O. The van der Waals surface area contributed by atoms with Gasteiger partial charge in [0.05, 0.1) is 7.11 Å². The number of aliphatic carboxylic acids is 1. The van der Waals surface area contributed by atoms with Gasteiger partial charge in [0, 0.05) is 6.54 Å². The maximum absolute atomic E-state index is 11.5. The number of methoxy groups -OCH3 is 1. The molecule has 0 aliphatic carbocycles. The molecule has 1 unspecified atom stereocenters. The van der Waals surface area contributed by atoms with Crippen molar-refractivity contribution in [1.29, 1.82) is 0 Å². The standard InChI is InChI=1S/C9H16N2O5/c1-4-11(5-7(12)16-3)9(15)10-6(2)8(13)14/h6H,4-5H2,1-3H3,(H,10,15)(H,13,14). The van der Waals surface area contributed by atoms with Gasteiger partial charge < -0.3 is 20.1 Å². The summed E-state index contributed by atoms with van der Waals surface area (Å²) in [5.41, 5.74) is 0. The van der Waals surface area contributed by atoms with E-state index in [2.05, 4.69) is 10.1 Å².